The molecule has 4 nitrogen and oxygen atoms in total. The fraction of sp³-hybridized carbons (Fsp3) is 0.381. The van der Waals surface area contributed by atoms with E-state index in [2.05, 4.69) is 6.07 Å². The topological polar surface area (TPSA) is 72.6 Å². The molecular weight excluding hydrogens is 314 g/mol. The summed E-state index contributed by atoms with van der Waals surface area (Å²) in [5.41, 5.74) is 10.7. The van der Waals surface area contributed by atoms with E-state index in [0.717, 1.165) is 31.6 Å². The Morgan fingerprint density at radius 1 is 1.24 bits per heavy atom. The van der Waals surface area contributed by atoms with E-state index in [1.807, 2.05) is 43.3 Å². The van der Waals surface area contributed by atoms with Crippen LogP contribution in [-0.2, 0) is 17.6 Å². The van der Waals surface area contributed by atoms with Crippen molar-refractivity contribution in [2.45, 2.75) is 44.6 Å². The second kappa shape index (κ2) is 7.70. The second-order valence-electron chi connectivity index (χ2n) is 6.75. The standard InChI is InChI=1S/C13H14O3.C8H11N/c14-12(15)7-9-2-1-8-3-4-11-10(13(8)9)5-6-16-11;1-7(9)8-5-3-2-4-6-8/h3-4,9H,1-2,5-7H2,(H,14,15);2-7H,9H2,1H3/t9-;7-/m01/s1. The zero-order valence-electron chi connectivity index (χ0n) is 14.6. The fourth-order valence-corrected chi connectivity index (χ4v) is 3.72. The largest absolute Gasteiger partial charge is 0.493 e. The molecule has 25 heavy (non-hydrogen) atoms. The van der Waals surface area contributed by atoms with Crippen LogP contribution in [0, 0.1) is 0 Å². The number of hydrogen-bond donors (Lipinski definition) is 2. The zero-order chi connectivity index (χ0) is 17.8. The summed E-state index contributed by atoms with van der Waals surface area (Å²) in [7, 11) is 0. The normalized spacial score (nSPS) is 18.4. The Balaban J connectivity index is 0.000000173. The summed E-state index contributed by atoms with van der Waals surface area (Å²) in [5.74, 6) is 0.467. The quantitative estimate of drug-likeness (QED) is 0.891. The van der Waals surface area contributed by atoms with Crippen LogP contribution in [0.3, 0.4) is 0 Å². The molecule has 0 spiro atoms. The summed E-state index contributed by atoms with van der Waals surface area (Å²) in [4.78, 5) is 10.8. The van der Waals surface area contributed by atoms with Gasteiger partial charge in [-0.25, -0.2) is 0 Å². The lowest BCUT2D eigenvalue weighted by atomic mass is 9.92. The van der Waals surface area contributed by atoms with Crippen molar-refractivity contribution in [3.05, 3.63) is 64.7 Å². The lowest BCUT2D eigenvalue weighted by Crippen LogP contribution is -2.05. The van der Waals surface area contributed by atoms with Crippen LogP contribution in [0.1, 0.15) is 54.0 Å². The molecule has 0 radical (unpaired) electrons. The summed E-state index contributed by atoms with van der Waals surface area (Å²) >= 11 is 0. The van der Waals surface area contributed by atoms with Crippen molar-refractivity contribution in [2.24, 2.45) is 5.73 Å². The third-order valence-electron chi connectivity index (χ3n) is 4.93. The van der Waals surface area contributed by atoms with Crippen molar-refractivity contribution in [3.8, 4) is 5.75 Å². The van der Waals surface area contributed by atoms with Crippen LogP contribution in [0.2, 0.25) is 0 Å². The summed E-state index contributed by atoms with van der Waals surface area (Å²) in [6, 6.07) is 14.3. The Kier molecular flexibility index (Phi) is 5.39. The maximum atomic E-state index is 10.8. The van der Waals surface area contributed by atoms with Crippen LogP contribution >= 0.6 is 0 Å². The average Bonchev–Trinajstić information content (AvgIpc) is 3.22. The lowest BCUT2D eigenvalue weighted by molar-refractivity contribution is -0.137. The van der Waals surface area contributed by atoms with Crippen LogP contribution in [0.5, 0.6) is 5.75 Å². The monoisotopic (exact) mass is 339 g/mol. The first-order valence-corrected chi connectivity index (χ1v) is 8.86. The molecular formula is C21H25NO3. The predicted octanol–water partition coefficient (Wildman–Crippen LogP) is 3.83. The number of carbonyl (C=O) groups is 1. The Labute approximate surface area is 148 Å². The van der Waals surface area contributed by atoms with Crippen molar-refractivity contribution >= 4 is 5.97 Å². The van der Waals surface area contributed by atoms with Gasteiger partial charge in [-0.2, -0.15) is 0 Å². The number of carboxylic acid groups (broad SMARTS) is 1. The van der Waals surface area contributed by atoms with E-state index in [1.165, 1.54) is 22.3 Å². The van der Waals surface area contributed by atoms with E-state index in [9.17, 15) is 4.79 Å². The molecule has 0 amide bonds. The molecule has 2 atom stereocenters. The number of fused-ring (bicyclic) bond motifs is 3. The smallest absolute Gasteiger partial charge is 0.303 e. The number of aryl methyl sites for hydroxylation is 1. The van der Waals surface area contributed by atoms with E-state index in [1.54, 1.807) is 0 Å². The number of benzene rings is 2. The van der Waals surface area contributed by atoms with Gasteiger partial charge in [-0.1, -0.05) is 36.4 Å². The van der Waals surface area contributed by atoms with Crippen LogP contribution in [0.4, 0.5) is 0 Å². The summed E-state index contributed by atoms with van der Waals surface area (Å²) in [6.07, 6.45) is 3.18. The van der Waals surface area contributed by atoms with Gasteiger partial charge in [-0.3, -0.25) is 4.79 Å². The molecule has 1 aliphatic carbocycles. The number of rotatable bonds is 3. The van der Waals surface area contributed by atoms with Gasteiger partial charge in [0.25, 0.3) is 0 Å². The first-order chi connectivity index (χ1) is 12.1. The van der Waals surface area contributed by atoms with Gasteiger partial charge >= 0.3 is 5.97 Å². The first-order valence-electron chi connectivity index (χ1n) is 8.86. The fourth-order valence-electron chi connectivity index (χ4n) is 3.72. The van der Waals surface area contributed by atoms with Gasteiger partial charge in [0.2, 0.25) is 0 Å². The summed E-state index contributed by atoms with van der Waals surface area (Å²) in [6.45, 7) is 2.72. The minimum absolute atomic E-state index is 0.159. The van der Waals surface area contributed by atoms with E-state index in [4.69, 9.17) is 15.6 Å². The molecule has 1 aliphatic heterocycles. The third-order valence-corrected chi connectivity index (χ3v) is 4.93. The molecule has 1 heterocycles. The zero-order valence-corrected chi connectivity index (χ0v) is 14.6. The molecule has 4 rings (SSSR count). The number of carboxylic acids is 1. The molecule has 2 aromatic rings. The number of nitrogens with two attached hydrogens (primary N) is 1. The highest BCUT2D eigenvalue weighted by molar-refractivity contribution is 5.69. The maximum absolute atomic E-state index is 10.8. The van der Waals surface area contributed by atoms with Gasteiger partial charge in [0.05, 0.1) is 13.0 Å². The summed E-state index contributed by atoms with van der Waals surface area (Å²) in [5, 5.41) is 8.92. The molecule has 2 aliphatic rings. The van der Waals surface area contributed by atoms with E-state index < -0.39 is 5.97 Å². The van der Waals surface area contributed by atoms with Crippen molar-refractivity contribution < 1.29 is 14.6 Å². The Morgan fingerprint density at radius 3 is 2.64 bits per heavy atom. The molecule has 2 aromatic carbocycles. The van der Waals surface area contributed by atoms with E-state index in [0.29, 0.717) is 0 Å². The first kappa shape index (κ1) is 17.5. The molecule has 0 aromatic heterocycles. The van der Waals surface area contributed by atoms with Crippen molar-refractivity contribution in [1.82, 2.24) is 0 Å². The minimum Gasteiger partial charge on any atom is -0.493 e. The molecule has 0 fully saturated rings. The van der Waals surface area contributed by atoms with Gasteiger partial charge in [-0.05, 0) is 48.4 Å². The van der Waals surface area contributed by atoms with Crippen LogP contribution < -0.4 is 10.5 Å². The summed E-state index contributed by atoms with van der Waals surface area (Å²) < 4.78 is 5.53. The van der Waals surface area contributed by atoms with Gasteiger partial charge in [0.1, 0.15) is 5.75 Å². The highest BCUT2D eigenvalue weighted by Gasteiger charge is 2.30. The van der Waals surface area contributed by atoms with Crippen molar-refractivity contribution in [2.75, 3.05) is 6.61 Å². The Hall–Kier alpha value is -2.33. The van der Waals surface area contributed by atoms with E-state index >= 15 is 0 Å². The Bertz CT molecular complexity index is 740. The van der Waals surface area contributed by atoms with Gasteiger partial charge < -0.3 is 15.6 Å². The maximum Gasteiger partial charge on any atom is 0.303 e. The molecule has 3 N–H and O–H groups in total. The lowest BCUT2D eigenvalue weighted by Gasteiger charge is -2.12. The highest BCUT2D eigenvalue weighted by atomic mass is 16.5. The van der Waals surface area contributed by atoms with Crippen LogP contribution in [-0.4, -0.2) is 17.7 Å². The van der Waals surface area contributed by atoms with Gasteiger partial charge in [0.15, 0.2) is 0 Å². The minimum atomic E-state index is -0.700. The second-order valence-corrected chi connectivity index (χ2v) is 6.75. The van der Waals surface area contributed by atoms with Gasteiger partial charge in [-0.15, -0.1) is 0 Å². The predicted molar refractivity (Wildman–Crippen MR) is 98.0 cm³/mol. The molecule has 4 heteroatoms. The molecule has 0 unspecified atom stereocenters. The molecule has 0 saturated carbocycles. The number of hydrogen-bond acceptors (Lipinski definition) is 3. The van der Waals surface area contributed by atoms with E-state index in [-0.39, 0.29) is 18.4 Å². The van der Waals surface area contributed by atoms with Crippen LogP contribution in [0.25, 0.3) is 0 Å². The molecule has 132 valence electrons. The van der Waals surface area contributed by atoms with Gasteiger partial charge in [0, 0.05) is 18.0 Å². The SMILES string of the molecule is C[C@@H](N)c1ccccc1.O=C(O)C[C@@H]1CCc2ccc3c(c21)CCO3. The number of aliphatic carboxylic acids is 1. The molecule has 0 saturated heterocycles. The number of ether oxygens (including phenoxy) is 1. The van der Waals surface area contributed by atoms with Crippen molar-refractivity contribution in [1.29, 1.82) is 0 Å². The Morgan fingerprint density at radius 2 is 2.00 bits per heavy atom. The molecule has 0 bridgehead atoms. The highest BCUT2D eigenvalue weighted by Crippen LogP contribution is 2.43. The van der Waals surface area contributed by atoms with Crippen LogP contribution in [0.15, 0.2) is 42.5 Å². The van der Waals surface area contributed by atoms with Crippen molar-refractivity contribution in [3.63, 3.8) is 0 Å². The average molecular weight is 339 g/mol. The third kappa shape index (κ3) is 4.02.